The lowest BCUT2D eigenvalue weighted by Crippen LogP contribution is -2.47. The largest absolute Gasteiger partial charge is 0.488 e. The van der Waals surface area contributed by atoms with Crippen LogP contribution in [0.5, 0.6) is 5.75 Å². The van der Waals surface area contributed by atoms with Gasteiger partial charge in [0.1, 0.15) is 11.9 Å². The lowest BCUT2D eigenvalue weighted by Gasteiger charge is -2.34. The Labute approximate surface area is 214 Å². The van der Waals surface area contributed by atoms with Gasteiger partial charge in [-0.05, 0) is 63.1 Å². The summed E-state index contributed by atoms with van der Waals surface area (Å²) in [6.07, 6.45) is 2.43. The summed E-state index contributed by atoms with van der Waals surface area (Å²) in [7, 11) is -1.67. The van der Waals surface area contributed by atoms with Crippen LogP contribution in [0, 0.1) is 11.8 Å². The molecule has 2 aliphatic rings. The molecule has 4 rings (SSSR count). The maximum absolute atomic E-state index is 13.3. The number of anilines is 1. The van der Waals surface area contributed by atoms with Crippen molar-refractivity contribution in [2.45, 2.75) is 50.2 Å². The van der Waals surface area contributed by atoms with Gasteiger partial charge in [0, 0.05) is 36.8 Å². The molecule has 2 N–H and O–H groups in total. The van der Waals surface area contributed by atoms with Crippen LogP contribution in [0.4, 0.5) is 5.69 Å². The van der Waals surface area contributed by atoms with Gasteiger partial charge in [-0.1, -0.05) is 25.1 Å². The third kappa shape index (κ3) is 6.57. The van der Waals surface area contributed by atoms with Gasteiger partial charge in [-0.3, -0.25) is 9.52 Å². The van der Waals surface area contributed by atoms with Gasteiger partial charge >= 0.3 is 0 Å². The summed E-state index contributed by atoms with van der Waals surface area (Å²) in [5.41, 5.74) is 0.984. The molecule has 1 heterocycles. The van der Waals surface area contributed by atoms with Crippen LogP contribution in [0.2, 0.25) is 0 Å². The number of fused-ring (bicyclic) bond motifs is 1. The second-order valence-corrected chi connectivity index (χ2v) is 12.0. The summed E-state index contributed by atoms with van der Waals surface area (Å²) in [5.74, 6) is 1.25. The second-order valence-electron chi connectivity index (χ2n) is 10.3. The highest BCUT2D eigenvalue weighted by Gasteiger charge is 2.32. The number of hydrogen-bond acceptors (Lipinski definition) is 6. The Morgan fingerprint density at radius 2 is 1.89 bits per heavy atom. The van der Waals surface area contributed by atoms with Crippen LogP contribution in [-0.4, -0.2) is 74.7 Å². The predicted octanol–water partition coefficient (Wildman–Crippen LogP) is 2.98. The third-order valence-corrected chi connectivity index (χ3v) is 8.38. The zero-order valence-electron chi connectivity index (χ0n) is 21.3. The molecule has 9 heteroatoms. The van der Waals surface area contributed by atoms with Crippen LogP contribution >= 0.6 is 0 Å². The van der Waals surface area contributed by atoms with Crippen molar-refractivity contribution in [3.8, 4) is 5.75 Å². The predicted molar refractivity (Wildman–Crippen MR) is 139 cm³/mol. The van der Waals surface area contributed by atoms with Crippen LogP contribution in [-0.2, 0) is 21.2 Å². The molecule has 1 aliphatic carbocycles. The molecular weight excluding hydrogens is 478 g/mol. The number of carbonyl (C=O) groups excluding carboxylic acids is 1. The SMILES string of the molecule is C[C@H](CO)N1C[C@H](C)[C@@H](CN(C)CC2CC2)Oc2ccc(NS(=O)(=O)c3ccccc3)cc2CC1=O. The summed E-state index contributed by atoms with van der Waals surface area (Å²) < 4.78 is 34.8. The molecule has 1 amide bonds. The fourth-order valence-corrected chi connectivity index (χ4v) is 5.72. The standard InChI is InChI=1S/C27H37N3O5S/c1-19-15-30(20(2)18-31)27(32)14-22-13-23(28-36(33,34)24-7-5-4-6-8-24)11-12-25(22)35-26(19)17-29(3)16-21-9-10-21/h4-8,11-13,19-21,26,28,31H,9-10,14-18H2,1-3H3/t19-,20+,26+/m0/s1. The van der Waals surface area contributed by atoms with Crippen LogP contribution < -0.4 is 9.46 Å². The zero-order chi connectivity index (χ0) is 25.9. The number of nitrogens with one attached hydrogen (secondary N) is 1. The van der Waals surface area contributed by atoms with Crippen LogP contribution in [0.1, 0.15) is 32.3 Å². The first-order valence-corrected chi connectivity index (χ1v) is 14.1. The number of rotatable bonds is 9. The van der Waals surface area contributed by atoms with E-state index in [1.165, 1.54) is 25.0 Å². The Morgan fingerprint density at radius 1 is 1.17 bits per heavy atom. The Hall–Kier alpha value is -2.62. The van der Waals surface area contributed by atoms with Crippen molar-refractivity contribution in [1.29, 1.82) is 0 Å². The van der Waals surface area contributed by atoms with E-state index in [4.69, 9.17) is 4.74 Å². The van der Waals surface area contributed by atoms with E-state index in [0.717, 1.165) is 19.0 Å². The van der Waals surface area contributed by atoms with E-state index >= 15 is 0 Å². The number of aliphatic hydroxyl groups is 1. The van der Waals surface area contributed by atoms with Crippen molar-refractivity contribution in [3.05, 3.63) is 54.1 Å². The molecule has 1 aliphatic heterocycles. The average molecular weight is 516 g/mol. The number of carbonyl (C=O) groups is 1. The summed E-state index contributed by atoms with van der Waals surface area (Å²) in [6.45, 7) is 6.00. The monoisotopic (exact) mass is 515 g/mol. The minimum absolute atomic E-state index is 0.0341. The summed E-state index contributed by atoms with van der Waals surface area (Å²) in [5, 5.41) is 9.81. The van der Waals surface area contributed by atoms with E-state index in [2.05, 4.69) is 23.6 Å². The summed E-state index contributed by atoms with van der Waals surface area (Å²) in [4.78, 5) is 17.5. The Kier molecular flexibility index (Phi) is 8.22. The smallest absolute Gasteiger partial charge is 0.261 e. The van der Waals surface area contributed by atoms with E-state index < -0.39 is 10.0 Å². The number of nitrogens with zero attached hydrogens (tertiary/aromatic N) is 2. The van der Waals surface area contributed by atoms with Gasteiger partial charge in [0.2, 0.25) is 5.91 Å². The van der Waals surface area contributed by atoms with Crippen LogP contribution in [0.3, 0.4) is 0 Å². The van der Waals surface area contributed by atoms with Gasteiger partial charge in [-0.2, -0.15) is 0 Å². The molecule has 0 radical (unpaired) electrons. The van der Waals surface area contributed by atoms with Gasteiger partial charge in [0.25, 0.3) is 10.0 Å². The number of benzene rings is 2. The maximum atomic E-state index is 13.3. The molecule has 1 fully saturated rings. The lowest BCUT2D eigenvalue weighted by atomic mass is 10.0. The Balaban J connectivity index is 1.63. The Bertz CT molecular complexity index is 1150. The van der Waals surface area contributed by atoms with E-state index in [-0.39, 0.29) is 41.9 Å². The molecule has 1 saturated carbocycles. The summed E-state index contributed by atoms with van der Waals surface area (Å²) >= 11 is 0. The number of hydrogen-bond donors (Lipinski definition) is 2. The summed E-state index contributed by atoms with van der Waals surface area (Å²) in [6, 6.07) is 12.9. The first-order chi connectivity index (χ1) is 17.2. The number of sulfonamides is 1. The van der Waals surface area contributed by atoms with Gasteiger partial charge in [0.05, 0.1) is 24.0 Å². The molecule has 0 spiro atoms. The average Bonchev–Trinajstić information content (AvgIpc) is 3.66. The lowest BCUT2D eigenvalue weighted by molar-refractivity contribution is -0.134. The second kappa shape index (κ2) is 11.2. The first kappa shape index (κ1) is 26.4. The quantitative estimate of drug-likeness (QED) is 0.533. The molecule has 2 aromatic rings. The van der Waals surface area contributed by atoms with E-state index in [9.17, 15) is 18.3 Å². The Morgan fingerprint density at radius 3 is 2.56 bits per heavy atom. The van der Waals surface area contributed by atoms with Crippen LogP contribution in [0.25, 0.3) is 0 Å². The third-order valence-electron chi connectivity index (χ3n) is 6.98. The highest BCUT2D eigenvalue weighted by atomic mass is 32.2. The molecule has 3 atom stereocenters. The fraction of sp³-hybridized carbons (Fsp3) is 0.519. The molecule has 0 saturated heterocycles. The van der Waals surface area contributed by atoms with Crippen molar-refractivity contribution in [3.63, 3.8) is 0 Å². The van der Waals surface area contributed by atoms with Crippen molar-refractivity contribution in [1.82, 2.24) is 9.80 Å². The van der Waals surface area contributed by atoms with Gasteiger partial charge < -0.3 is 19.6 Å². The molecule has 36 heavy (non-hydrogen) atoms. The normalized spacial score (nSPS) is 21.7. The number of amides is 1. The van der Waals surface area contributed by atoms with Crippen LogP contribution in [0.15, 0.2) is 53.4 Å². The first-order valence-electron chi connectivity index (χ1n) is 12.6. The molecule has 2 aromatic carbocycles. The molecule has 196 valence electrons. The number of likely N-dealkylation sites (N-methyl/N-ethyl adjacent to an activating group) is 1. The topological polar surface area (TPSA) is 99.2 Å². The minimum Gasteiger partial charge on any atom is -0.488 e. The minimum atomic E-state index is -3.77. The van der Waals surface area contributed by atoms with E-state index in [1.807, 2.05) is 6.92 Å². The number of ether oxygens (including phenoxy) is 1. The number of aliphatic hydroxyl groups excluding tert-OH is 1. The highest BCUT2D eigenvalue weighted by molar-refractivity contribution is 7.92. The van der Waals surface area contributed by atoms with Gasteiger partial charge in [-0.25, -0.2) is 8.42 Å². The van der Waals surface area contributed by atoms with E-state index in [0.29, 0.717) is 23.5 Å². The van der Waals surface area contributed by atoms with Crippen molar-refractivity contribution >= 4 is 21.6 Å². The fourth-order valence-electron chi connectivity index (χ4n) is 4.65. The van der Waals surface area contributed by atoms with Crippen molar-refractivity contribution in [2.75, 3.05) is 38.0 Å². The highest BCUT2D eigenvalue weighted by Crippen LogP contribution is 2.32. The van der Waals surface area contributed by atoms with Crippen molar-refractivity contribution in [2.24, 2.45) is 11.8 Å². The maximum Gasteiger partial charge on any atom is 0.261 e. The zero-order valence-corrected chi connectivity index (χ0v) is 22.1. The van der Waals surface area contributed by atoms with Gasteiger partial charge in [0.15, 0.2) is 0 Å². The van der Waals surface area contributed by atoms with Gasteiger partial charge in [-0.15, -0.1) is 0 Å². The van der Waals surface area contributed by atoms with Crippen molar-refractivity contribution < 1.29 is 23.1 Å². The molecule has 8 nitrogen and oxygen atoms in total. The molecule has 0 aromatic heterocycles. The molecule has 0 unspecified atom stereocenters. The molecule has 0 bridgehead atoms. The molecular formula is C27H37N3O5S. The van der Waals surface area contributed by atoms with E-state index in [1.54, 1.807) is 41.3 Å².